The minimum Gasteiger partial charge on any atom is -0.497 e. The molecule has 144 valence electrons. The molecule has 2 aromatic carbocycles. The number of carbonyl (C=O) groups is 1. The number of amides is 2. The highest BCUT2D eigenvalue weighted by molar-refractivity contribution is 5.89. The van der Waals surface area contributed by atoms with E-state index in [4.69, 9.17) is 9.26 Å². The molecule has 0 spiro atoms. The highest BCUT2D eigenvalue weighted by Gasteiger charge is 2.34. The molecule has 2 heterocycles. The highest BCUT2D eigenvalue weighted by Crippen LogP contribution is 2.32. The van der Waals surface area contributed by atoms with Crippen molar-refractivity contribution in [1.29, 1.82) is 0 Å². The largest absolute Gasteiger partial charge is 0.497 e. The molecular formula is C20H19FN4O3. The fourth-order valence-electron chi connectivity index (χ4n) is 3.22. The first-order chi connectivity index (χ1) is 13.6. The van der Waals surface area contributed by atoms with Crippen molar-refractivity contribution in [2.24, 2.45) is 0 Å². The lowest BCUT2D eigenvalue weighted by atomic mass is 10.2. The zero-order chi connectivity index (χ0) is 19.5. The number of halogens is 1. The van der Waals surface area contributed by atoms with Gasteiger partial charge in [-0.25, -0.2) is 9.18 Å². The molecule has 0 aliphatic carbocycles. The van der Waals surface area contributed by atoms with E-state index in [0.29, 0.717) is 23.9 Å². The number of carbonyl (C=O) groups excluding carboxylic acids is 1. The van der Waals surface area contributed by atoms with Crippen molar-refractivity contribution < 1.29 is 18.4 Å². The molecule has 1 fully saturated rings. The summed E-state index contributed by atoms with van der Waals surface area (Å²) >= 11 is 0. The van der Waals surface area contributed by atoms with E-state index in [1.165, 1.54) is 24.3 Å². The topological polar surface area (TPSA) is 80.5 Å². The summed E-state index contributed by atoms with van der Waals surface area (Å²) in [7, 11) is 1.60. The number of nitrogens with one attached hydrogen (secondary N) is 1. The van der Waals surface area contributed by atoms with Gasteiger partial charge in [0.2, 0.25) is 11.7 Å². The van der Waals surface area contributed by atoms with Crippen molar-refractivity contribution in [2.45, 2.75) is 18.9 Å². The van der Waals surface area contributed by atoms with E-state index in [1.807, 2.05) is 24.3 Å². The van der Waals surface area contributed by atoms with Gasteiger partial charge >= 0.3 is 6.03 Å². The summed E-state index contributed by atoms with van der Waals surface area (Å²) in [4.78, 5) is 18.8. The minimum atomic E-state index is -0.353. The molecule has 0 saturated carbocycles. The van der Waals surface area contributed by atoms with Gasteiger partial charge in [-0.3, -0.25) is 0 Å². The number of nitrogens with zero attached hydrogens (tertiary/aromatic N) is 3. The number of rotatable bonds is 4. The SMILES string of the molecule is COc1ccc(-c2noc([C@H]3CCCN3C(=O)Nc3ccc(F)cc3)n2)cc1. The van der Waals surface area contributed by atoms with Crippen LogP contribution in [0.15, 0.2) is 53.1 Å². The van der Waals surface area contributed by atoms with E-state index in [2.05, 4.69) is 15.5 Å². The van der Waals surface area contributed by atoms with Crippen LogP contribution < -0.4 is 10.1 Å². The molecule has 0 bridgehead atoms. The molecule has 0 unspecified atom stereocenters. The van der Waals surface area contributed by atoms with Gasteiger partial charge in [0, 0.05) is 17.8 Å². The molecule has 1 atom stereocenters. The quantitative estimate of drug-likeness (QED) is 0.729. The number of urea groups is 1. The molecule has 2 amide bonds. The van der Waals surface area contributed by atoms with E-state index in [-0.39, 0.29) is 17.9 Å². The molecule has 8 heteroatoms. The van der Waals surface area contributed by atoms with Crippen LogP contribution in [-0.4, -0.2) is 34.7 Å². The zero-order valence-corrected chi connectivity index (χ0v) is 15.3. The lowest BCUT2D eigenvalue weighted by Gasteiger charge is -2.22. The van der Waals surface area contributed by atoms with Crippen LogP contribution in [0.25, 0.3) is 11.4 Å². The molecule has 1 aliphatic heterocycles. The van der Waals surface area contributed by atoms with E-state index >= 15 is 0 Å². The van der Waals surface area contributed by atoms with Crippen molar-refractivity contribution in [3.63, 3.8) is 0 Å². The molecule has 1 saturated heterocycles. The smallest absolute Gasteiger partial charge is 0.322 e. The Labute approximate surface area is 161 Å². The maximum absolute atomic E-state index is 13.0. The van der Waals surface area contributed by atoms with E-state index in [1.54, 1.807) is 12.0 Å². The summed E-state index contributed by atoms with van der Waals surface area (Å²) in [5, 5.41) is 6.83. The van der Waals surface area contributed by atoms with Crippen LogP contribution in [0, 0.1) is 5.82 Å². The van der Waals surface area contributed by atoms with E-state index in [9.17, 15) is 9.18 Å². The van der Waals surface area contributed by atoms with Gasteiger partial charge in [-0.15, -0.1) is 0 Å². The van der Waals surface area contributed by atoms with Crippen LogP contribution in [0.2, 0.25) is 0 Å². The van der Waals surface area contributed by atoms with Gasteiger partial charge in [0.05, 0.1) is 7.11 Å². The van der Waals surface area contributed by atoms with Crippen LogP contribution in [0.3, 0.4) is 0 Å². The van der Waals surface area contributed by atoms with Gasteiger partial charge < -0.3 is 19.5 Å². The average Bonchev–Trinajstić information content (AvgIpc) is 3.39. The molecule has 28 heavy (non-hydrogen) atoms. The van der Waals surface area contributed by atoms with Gasteiger partial charge in [0.1, 0.15) is 17.6 Å². The third-order valence-electron chi connectivity index (χ3n) is 4.68. The Hall–Kier alpha value is -3.42. The Morgan fingerprint density at radius 3 is 2.68 bits per heavy atom. The number of ether oxygens (including phenoxy) is 1. The van der Waals surface area contributed by atoms with Crippen molar-refractivity contribution in [1.82, 2.24) is 15.0 Å². The molecular weight excluding hydrogens is 363 g/mol. The fraction of sp³-hybridized carbons (Fsp3) is 0.250. The number of aromatic nitrogens is 2. The van der Waals surface area contributed by atoms with E-state index in [0.717, 1.165) is 24.2 Å². The Balaban J connectivity index is 1.49. The van der Waals surface area contributed by atoms with Gasteiger partial charge in [-0.1, -0.05) is 5.16 Å². The van der Waals surface area contributed by atoms with Crippen LogP contribution in [0.1, 0.15) is 24.8 Å². The number of methoxy groups -OCH3 is 1. The number of hydrogen-bond donors (Lipinski definition) is 1. The highest BCUT2D eigenvalue weighted by atomic mass is 19.1. The molecule has 4 rings (SSSR count). The van der Waals surface area contributed by atoms with Crippen LogP contribution in [0.5, 0.6) is 5.75 Å². The Morgan fingerprint density at radius 1 is 1.21 bits per heavy atom. The first-order valence-electron chi connectivity index (χ1n) is 8.95. The monoisotopic (exact) mass is 382 g/mol. The predicted octanol–water partition coefficient (Wildman–Crippen LogP) is 4.25. The molecule has 7 nitrogen and oxygen atoms in total. The summed E-state index contributed by atoms with van der Waals surface area (Å²) in [6.45, 7) is 0.581. The molecule has 1 N–H and O–H groups in total. The number of hydrogen-bond acceptors (Lipinski definition) is 5. The number of benzene rings is 2. The molecule has 3 aromatic rings. The Kier molecular flexibility index (Phi) is 4.92. The second-order valence-corrected chi connectivity index (χ2v) is 6.47. The average molecular weight is 382 g/mol. The summed E-state index contributed by atoms with van der Waals surface area (Å²) in [5.41, 5.74) is 1.33. The van der Waals surface area contributed by atoms with Crippen molar-refractivity contribution in [3.8, 4) is 17.1 Å². The van der Waals surface area contributed by atoms with Crippen molar-refractivity contribution in [3.05, 3.63) is 60.2 Å². The lowest BCUT2D eigenvalue weighted by Crippen LogP contribution is -2.34. The summed E-state index contributed by atoms with van der Waals surface area (Å²) < 4.78 is 23.6. The van der Waals surface area contributed by atoms with Gasteiger partial charge in [0.25, 0.3) is 0 Å². The standard InChI is InChI=1S/C20H19FN4O3/c1-27-16-10-4-13(5-11-16)18-23-19(28-24-18)17-3-2-12-25(17)20(26)22-15-8-6-14(21)7-9-15/h4-11,17H,2-3,12H2,1H3,(H,22,26)/t17-/m1/s1. The zero-order valence-electron chi connectivity index (χ0n) is 15.3. The van der Waals surface area contributed by atoms with Crippen molar-refractivity contribution in [2.75, 3.05) is 19.0 Å². The molecule has 1 aliphatic rings. The number of anilines is 1. The first kappa shape index (κ1) is 18.0. The Bertz CT molecular complexity index is 956. The summed E-state index contributed by atoms with van der Waals surface area (Å²) in [5.74, 6) is 1.25. The second-order valence-electron chi connectivity index (χ2n) is 6.47. The maximum atomic E-state index is 13.0. The summed E-state index contributed by atoms with van der Waals surface area (Å²) in [6, 6.07) is 12.4. The first-order valence-corrected chi connectivity index (χ1v) is 8.95. The third-order valence-corrected chi connectivity index (χ3v) is 4.68. The predicted molar refractivity (Wildman–Crippen MR) is 100 cm³/mol. The summed E-state index contributed by atoms with van der Waals surface area (Å²) in [6.07, 6.45) is 1.57. The Morgan fingerprint density at radius 2 is 1.96 bits per heavy atom. The maximum Gasteiger partial charge on any atom is 0.322 e. The van der Waals surface area contributed by atoms with E-state index < -0.39 is 0 Å². The van der Waals surface area contributed by atoms with Crippen LogP contribution >= 0.6 is 0 Å². The van der Waals surface area contributed by atoms with Crippen molar-refractivity contribution >= 4 is 11.7 Å². The normalized spacial score (nSPS) is 16.2. The van der Waals surface area contributed by atoms with Gasteiger partial charge in [0.15, 0.2) is 0 Å². The number of likely N-dealkylation sites (tertiary alicyclic amines) is 1. The third kappa shape index (κ3) is 3.66. The van der Waals surface area contributed by atoms with Gasteiger partial charge in [-0.05, 0) is 61.4 Å². The fourth-order valence-corrected chi connectivity index (χ4v) is 3.22. The molecule has 0 radical (unpaired) electrons. The molecule has 1 aromatic heterocycles. The second kappa shape index (κ2) is 7.67. The lowest BCUT2D eigenvalue weighted by molar-refractivity contribution is 0.193. The minimum absolute atomic E-state index is 0.279. The van der Waals surface area contributed by atoms with Crippen LogP contribution in [0.4, 0.5) is 14.9 Å². The van der Waals surface area contributed by atoms with Crippen LogP contribution in [-0.2, 0) is 0 Å². The van der Waals surface area contributed by atoms with Gasteiger partial charge in [-0.2, -0.15) is 4.98 Å².